The second-order valence-corrected chi connectivity index (χ2v) is 7.85. The van der Waals surface area contributed by atoms with Crippen molar-refractivity contribution < 1.29 is 51.9 Å². The van der Waals surface area contributed by atoms with Crippen molar-refractivity contribution in [1.29, 1.82) is 0 Å². The first kappa shape index (κ1) is 26.3. The number of hydrogen-bond donors (Lipinski definition) is 4. The maximum Gasteiger partial charge on any atom is 0.471 e. The molecule has 0 spiro atoms. The lowest BCUT2D eigenvalue weighted by atomic mass is 9.98. The largest absolute Gasteiger partial charge is 0.471 e. The second kappa shape index (κ2) is 11.9. The van der Waals surface area contributed by atoms with Crippen molar-refractivity contribution in [3.63, 3.8) is 0 Å². The van der Waals surface area contributed by atoms with Crippen molar-refractivity contribution in [3.8, 4) is 0 Å². The molecule has 3 aliphatic heterocycles. The summed E-state index contributed by atoms with van der Waals surface area (Å²) in [5.41, 5.74) is 0.725. The predicted octanol–water partition coefficient (Wildman–Crippen LogP) is -0.381. The quantitative estimate of drug-likeness (QED) is 0.386. The summed E-state index contributed by atoms with van der Waals surface area (Å²) >= 11 is 0. The number of alkyl halides is 3. The summed E-state index contributed by atoms with van der Waals surface area (Å²) in [6.07, 6.45) is -10.6. The molecular weight excluding hydrogens is 465 g/mol. The SMILES string of the molecule is O=C(NCC1OC2OCCCOC1C(O)C2O)[C@H](COCc1ccccc1)NC(=O)C(F)(F)F. The normalized spacial score (nSPS) is 28.3. The van der Waals surface area contributed by atoms with E-state index in [0.717, 1.165) is 5.56 Å². The van der Waals surface area contributed by atoms with E-state index >= 15 is 0 Å². The molecule has 3 fully saturated rings. The zero-order valence-electron chi connectivity index (χ0n) is 18.1. The lowest BCUT2D eigenvalue weighted by molar-refractivity contribution is -0.292. The van der Waals surface area contributed by atoms with Crippen LogP contribution in [0.1, 0.15) is 12.0 Å². The van der Waals surface area contributed by atoms with Gasteiger partial charge in [0.1, 0.15) is 30.5 Å². The van der Waals surface area contributed by atoms with Crippen molar-refractivity contribution >= 4 is 11.8 Å². The number of carbonyl (C=O) groups is 2. The monoisotopic (exact) mass is 492 g/mol. The Balaban J connectivity index is 1.62. The third kappa shape index (κ3) is 7.10. The Bertz CT molecular complexity index is 811. The molecule has 0 saturated carbocycles. The summed E-state index contributed by atoms with van der Waals surface area (Å²) < 4.78 is 60.1. The summed E-state index contributed by atoms with van der Waals surface area (Å²) in [5, 5.41) is 24.5. The van der Waals surface area contributed by atoms with Gasteiger partial charge in [0.15, 0.2) is 6.29 Å². The Morgan fingerprint density at radius 3 is 2.53 bits per heavy atom. The number of benzene rings is 1. The van der Waals surface area contributed by atoms with E-state index in [4.69, 9.17) is 18.9 Å². The number of nitrogens with one attached hydrogen (secondary N) is 2. The number of carbonyl (C=O) groups excluding carboxylic acids is 2. The molecule has 0 aromatic heterocycles. The fourth-order valence-corrected chi connectivity index (χ4v) is 3.51. The summed E-state index contributed by atoms with van der Waals surface area (Å²) in [7, 11) is 0. The van der Waals surface area contributed by atoms with E-state index in [0.29, 0.717) is 6.42 Å². The highest BCUT2D eigenvalue weighted by Gasteiger charge is 2.47. The first-order valence-corrected chi connectivity index (χ1v) is 10.7. The summed E-state index contributed by atoms with van der Waals surface area (Å²) in [6, 6.07) is 7.08. The van der Waals surface area contributed by atoms with Gasteiger partial charge in [-0.25, -0.2) is 0 Å². The van der Waals surface area contributed by atoms with Gasteiger partial charge in [-0.1, -0.05) is 30.3 Å². The lowest BCUT2D eigenvalue weighted by Gasteiger charge is -2.41. The molecule has 6 atom stereocenters. The number of aliphatic hydroxyl groups is 2. The number of ether oxygens (including phenoxy) is 4. The Hall–Kier alpha value is -2.29. The number of aliphatic hydroxyl groups excluding tert-OH is 2. The molecule has 2 bridgehead atoms. The lowest BCUT2D eigenvalue weighted by Crippen LogP contribution is -2.62. The van der Waals surface area contributed by atoms with Crippen molar-refractivity contribution in [2.75, 3.05) is 26.4 Å². The molecule has 13 heteroatoms. The van der Waals surface area contributed by atoms with E-state index in [1.165, 1.54) is 0 Å². The van der Waals surface area contributed by atoms with Gasteiger partial charge in [-0.15, -0.1) is 0 Å². The maximum atomic E-state index is 12.8. The van der Waals surface area contributed by atoms with Gasteiger partial charge in [0.05, 0.1) is 19.8 Å². The molecule has 2 amide bonds. The molecule has 34 heavy (non-hydrogen) atoms. The summed E-state index contributed by atoms with van der Waals surface area (Å²) in [5.74, 6) is -3.25. The Morgan fingerprint density at radius 1 is 1.12 bits per heavy atom. The highest BCUT2D eigenvalue weighted by molar-refractivity contribution is 5.89. The fourth-order valence-electron chi connectivity index (χ4n) is 3.51. The molecule has 3 aliphatic rings. The van der Waals surface area contributed by atoms with Gasteiger partial charge in [0.25, 0.3) is 0 Å². The van der Waals surface area contributed by atoms with E-state index in [1.807, 2.05) is 0 Å². The molecule has 1 aromatic rings. The van der Waals surface area contributed by atoms with Crippen molar-refractivity contribution in [3.05, 3.63) is 35.9 Å². The first-order chi connectivity index (χ1) is 16.2. The molecule has 0 radical (unpaired) electrons. The number of halogens is 3. The summed E-state index contributed by atoms with van der Waals surface area (Å²) in [4.78, 5) is 24.1. The van der Waals surface area contributed by atoms with E-state index in [-0.39, 0.29) is 26.4 Å². The van der Waals surface area contributed by atoms with Crippen LogP contribution in [-0.4, -0.2) is 91.3 Å². The third-order valence-corrected chi connectivity index (χ3v) is 5.27. The van der Waals surface area contributed by atoms with Gasteiger partial charge in [0.2, 0.25) is 5.91 Å². The average molecular weight is 492 g/mol. The van der Waals surface area contributed by atoms with Crippen LogP contribution in [-0.2, 0) is 35.1 Å². The zero-order valence-corrected chi connectivity index (χ0v) is 18.1. The van der Waals surface area contributed by atoms with Gasteiger partial charge in [-0.3, -0.25) is 9.59 Å². The molecule has 1 aromatic carbocycles. The molecule has 3 heterocycles. The van der Waals surface area contributed by atoms with Crippen LogP contribution in [0.2, 0.25) is 0 Å². The topological polar surface area (TPSA) is 136 Å². The van der Waals surface area contributed by atoms with E-state index in [1.54, 1.807) is 35.6 Å². The molecule has 0 aliphatic carbocycles. The van der Waals surface area contributed by atoms with E-state index in [9.17, 15) is 33.0 Å². The molecule has 4 rings (SSSR count). The molecule has 4 N–H and O–H groups in total. The van der Waals surface area contributed by atoms with Crippen LogP contribution >= 0.6 is 0 Å². The molecule has 190 valence electrons. The Morgan fingerprint density at radius 2 is 1.82 bits per heavy atom. The van der Waals surface area contributed by atoms with Crippen LogP contribution in [0.3, 0.4) is 0 Å². The van der Waals surface area contributed by atoms with Crippen molar-refractivity contribution in [2.45, 2.75) is 56.0 Å². The standard InChI is InChI=1S/C21H27F3N2O8/c22-21(23,24)20(30)26-13(11-31-10-12-5-2-1-3-6-12)18(29)25-9-14-17-15(27)16(28)19(34-14)33-8-4-7-32-17/h1-3,5-6,13-17,19,27-28H,4,7-11H2,(H,25,29)(H,26,30)/t13-,14?,15?,16?,17?,19?/m0/s1. The predicted molar refractivity (Wildman–Crippen MR) is 108 cm³/mol. The second-order valence-electron chi connectivity index (χ2n) is 7.85. The van der Waals surface area contributed by atoms with Gasteiger partial charge in [0, 0.05) is 13.2 Å². The number of rotatable bonds is 8. The van der Waals surface area contributed by atoms with Gasteiger partial charge in [-0.2, -0.15) is 13.2 Å². The van der Waals surface area contributed by atoms with Crippen molar-refractivity contribution in [2.24, 2.45) is 0 Å². The van der Waals surface area contributed by atoms with Crippen LogP contribution < -0.4 is 10.6 Å². The smallest absolute Gasteiger partial charge is 0.387 e. The van der Waals surface area contributed by atoms with Crippen molar-refractivity contribution in [1.82, 2.24) is 10.6 Å². The molecular formula is C21H27F3N2O8. The molecule has 10 nitrogen and oxygen atoms in total. The average Bonchev–Trinajstić information content (AvgIpc) is 2.94. The highest BCUT2D eigenvalue weighted by atomic mass is 19.4. The number of fused-ring (bicyclic) bond motifs is 6. The van der Waals surface area contributed by atoms with Gasteiger partial charge >= 0.3 is 12.1 Å². The zero-order chi connectivity index (χ0) is 24.7. The summed E-state index contributed by atoms with van der Waals surface area (Å²) in [6.45, 7) is -0.389. The minimum Gasteiger partial charge on any atom is -0.387 e. The van der Waals surface area contributed by atoms with Crippen LogP contribution in [0.15, 0.2) is 30.3 Å². The highest BCUT2D eigenvalue weighted by Crippen LogP contribution is 2.26. The third-order valence-electron chi connectivity index (χ3n) is 5.27. The Labute approximate surface area is 193 Å². The molecule has 5 unspecified atom stereocenters. The Kier molecular flexibility index (Phi) is 9.22. The maximum absolute atomic E-state index is 12.8. The number of hydrogen-bond acceptors (Lipinski definition) is 8. The van der Waals surface area contributed by atoms with Gasteiger partial charge in [-0.05, 0) is 12.0 Å². The van der Waals surface area contributed by atoms with Crippen LogP contribution in [0.25, 0.3) is 0 Å². The van der Waals surface area contributed by atoms with Crippen LogP contribution in [0.4, 0.5) is 13.2 Å². The van der Waals surface area contributed by atoms with E-state index in [2.05, 4.69) is 5.32 Å². The van der Waals surface area contributed by atoms with Crippen LogP contribution in [0.5, 0.6) is 0 Å². The minimum absolute atomic E-state index is 0.0112. The number of amides is 2. The van der Waals surface area contributed by atoms with Crippen LogP contribution in [0, 0.1) is 0 Å². The first-order valence-electron chi connectivity index (χ1n) is 10.7. The van der Waals surface area contributed by atoms with E-state index < -0.39 is 61.3 Å². The van der Waals surface area contributed by atoms with Gasteiger partial charge < -0.3 is 39.8 Å². The minimum atomic E-state index is -5.19. The molecule has 3 saturated heterocycles. The fraction of sp³-hybridized carbons (Fsp3) is 0.619.